The van der Waals surface area contributed by atoms with E-state index in [4.69, 9.17) is 4.74 Å². The zero-order chi connectivity index (χ0) is 21.6. The molecule has 0 bridgehead atoms. The van der Waals surface area contributed by atoms with Crippen molar-refractivity contribution < 1.29 is 27.5 Å². The Morgan fingerprint density at radius 2 is 1.63 bits per heavy atom. The first kappa shape index (κ1) is 21.7. The predicted molar refractivity (Wildman–Crippen MR) is 105 cm³/mol. The molecule has 0 radical (unpaired) electrons. The Kier molecular flexibility index (Phi) is 6.97. The number of nitrogens with one attached hydrogen (secondary N) is 1. The van der Waals surface area contributed by atoms with Crippen LogP contribution >= 0.6 is 0 Å². The molecule has 0 saturated carbocycles. The van der Waals surface area contributed by atoms with Crippen LogP contribution in [0, 0.1) is 5.92 Å². The van der Waals surface area contributed by atoms with Gasteiger partial charge >= 0.3 is 6.18 Å². The van der Waals surface area contributed by atoms with E-state index in [2.05, 4.69) is 5.32 Å². The number of nitrogens with zero attached hydrogens (tertiary/aromatic N) is 1. The van der Waals surface area contributed by atoms with Crippen molar-refractivity contribution in [3.05, 3.63) is 65.7 Å². The highest BCUT2D eigenvalue weighted by molar-refractivity contribution is 5.95. The van der Waals surface area contributed by atoms with Crippen LogP contribution in [0.25, 0.3) is 0 Å². The number of carbonyl (C=O) groups excluding carboxylic acids is 2. The standard InChI is InChI=1S/C22H23F3N2O3/c23-22(24,25)19-9-5-4-8-18(19)21(29)26-14-16-10-12-27(13-11-16)20(28)15-30-17-6-2-1-3-7-17/h1-9,16H,10-15H2,(H,26,29). The maximum absolute atomic E-state index is 13.1. The first-order valence-corrected chi connectivity index (χ1v) is 9.74. The molecule has 160 valence electrons. The average Bonchev–Trinajstić information content (AvgIpc) is 2.76. The fraction of sp³-hybridized carbons (Fsp3) is 0.364. The molecule has 1 aliphatic rings. The van der Waals surface area contributed by atoms with Gasteiger partial charge in [0.25, 0.3) is 11.8 Å². The van der Waals surface area contributed by atoms with Gasteiger partial charge < -0.3 is 15.0 Å². The van der Waals surface area contributed by atoms with E-state index in [1.165, 1.54) is 18.2 Å². The molecule has 1 N–H and O–H groups in total. The number of rotatable bonds is 6. The summed E-state index contributed by atoms with van der Waals surface area (Å²) < 4.78 is 44.7. The number of piperidine rings is 1. The van der Waals surface area contributed by atoms with Crippen LogP contribution in [0.5, 0.6) is 5.75 Å². The molecule has 2 aromatic rings. The van der Waals surface area contributed by atoms with E-state index >= 15 is 0 Å². The molecule has 0 unspecified atom stereocenters. The molecule has 3 rings (SSSR count). The van der Waals surface area contributed by atoms with Crippen molar-refractivity contribution in [3.63, 3.8) is 0 Å². The maximum atomic E-state index is 13.1. The Bertz CT molecular complexity index is 863. The number of para-hydroxylation sites is 1. The lowest BCUT2D eigenvalue weighted by atomic mass is 9.96. The second-order valence-corrected chi connectivity index (χ2v) is 7.18. The molecule has 0 spiro atoms. The van der Waals surface area contributed by atoms with E-state index < -0.39 is 17.6 Å². The van der Waals surface area contributed by atoms with Crippen LogP contribution < -0.4 is 10.1 Å². The van der Waals surface area contributed by atoms with Crippen molar-refractivity contribution in [2.24, 2.45) is 5.92 Å². The lowest BCUT2D eigenvalue weighted by molar-refractivity contribution is -0.138. The van der Waals surface area contributed by atoms with Gasteiger partial charge in [-0.25, -0.2) is 0 Å². The lowest BCUT2D eigenvalue weighted by Crippen LogP contribution is -2.43. The minimum absolute atomic E-state index is 0.0420. The van der Waals surface area contributed by atoms with Crippen LogP contribution in [-0.4, -0.2) is 43.0 Å². The van der Waals surface area contributed by atoms with Crippen LogP contribution in [-0.2, 0) is 11.0 Å². The average molecular weight is 420 g/mol. The molecule has 8 heteroatoms. The van der Waals surface area contributed by atoms with Crippen molar-refractivity contribution in [3.8, 4) is 5.75 Å². The first-order chi connectivity index (χ1) is 14.3. The van der Waals surface area contributed by atoms with Crippen LogP contribution in [0.15, 0.2) is 54.6 Å². The minimum atomic E-state index is -4.58. The molecule has 1 heterocycles. The summed E-state index contributed by atoms with van der Waals surface area (Å²) in [6.45, 7) is 1.28. The molecule has 5 nitrogen and oxygen atoms in total. The third-order valence-corrected chi connectivity index (χ3v) is 5.10. The number of hydrogen-bond acceptors (Lipinski definition) is 3. The lowest BCUT2D eigenvalue weighted by Gasteiger charge is -2.32. The summed E-state index contributed by atoms with van der Waals surface area (Å²) in [5.41, 5.74) is -1.32. The number of halogens is 3. The Labute approximate surface area is 172 Å². The fourth-order valence-corrected chi connectivity index (χ4v) is 3.40. The van der Waals surface area contributed by atoms with Gasteiger partial charge in [-0.15, -0.1) is 0 Å². The molecule has 2 aromatic carbocycles. The Balaban J connectivity index is 1.44. The third-order valence-electron chi connectivity index (χ3n) is 5.10. The summed E-state index contributed by atoms with van der Waals surface area (Å²) >= 11 is 0. The number of hydrogen-bond donors (Lipinski definition) is 1. The third kappa shape index (κ3) is 5.75. The smallest absolute Gasteiger partial charge is 0.417 e. The zero-order valence-corrected chi connectivity index (χ0v) is 16.3. The molecule has 0 aromatic heterocycles. The highest BCUT2D eigenvalue weighted by Gasteiger charge is 2.35. The van der Waals surface area contributed by atoms with Gasteiger partial charge in [0.2, 0.25) is 0 Å². The van der Waals surface area contributed by atoms with Crippen molar-refractivity contribution in [1.82, 2.24) is 10.2 Å². The molecule has 1 aliphatic heterocycles. The monoisotopic (exact) mass is 420 g/mol. The summed E-state index contributed by atoms with van der Waals surface area (Å²) in [5, 5.41) is 2.60. The maximum Gasteiger partial charge on any atom is 0.417 e. The van der Waals surface area contributed by atoms with E-state index in [1.807, 2.05) is 18.2 Å². The van der Waals surface area contributed by atoms with Gasteiger partial charge in [0, 0.05) is 19.6 Å². The Morgan fingerprint density at radius 3 is 2.30 bits per heavy atom. The number of carbonyl (C=O) groups is 2. The summed E-state index contributed by atoms with van der Waals surface area (Å²) in [5.74, 6) is -0.119. The quantitative estimate of drug-likeness (QED) is 0.774. The van der Waals surface area contributed by atoms with Gasteiger partial charge in [-0.05, 0) is 43.0 Å². The van der Waals surface area contributed by atoms with Crippen LogP contribution in [0.4, 0.5) is 13.2 Å². The highest BCUT2D eigenvalue weighted by atomic mass is 19.4. The van der Waals surface area contributed by atoms with Gasteiger partial charge in [-0.3, -0.25) is 9.59 Å². The van der Waals surface area contributed by atoms with E-state index in [0.29, 0.717) is 31.7 Å². The molecule has 0 atom stereocenters. The SMILES string of the molecule is O=C(NCC1CCN(C(=O)COc2ccccc2)CC1)c1ccccc1C(F)(F)F. The first-order valence-electron chi connectivity index (χ1n) is 9.74. The van der Waals surface area contributed by atoms with Gasteiger partial charge in [-0.1, -0.05) is 30.3 Å². The Hall–Kier alpha value is -3.03. The molecule has 2 amide bonds. The predicted octanol–water partition coefficient (Wildman–Crippen LogP) is 3.75. The molecule has 1 fully saturated rings. The summed E-state index contributed by atoms with van der Waals surface area (Å²) in [6, 6.07) is 13.8. The largest absolute Gasteiger partial charge is 0.484 e. The van der Waals surface area contributed by atoms with E-state index in [1.54, 1.807) is 17.0 Å². The number of benzene rings is 2. The molecule has 0 aliphatic carbocycles. The summed E-state index contributed by atoms with van der Waals surface area (Å²) in [6.07, 6.45) is -3.25. The Morgan fingerprint density at radius 1 is 1.00 bits per heavy atom. The van der Waals surface area contributed by atoms with Crippen molar-refractivity contribution in [1.29, 1.82) is 0 Å². The number of ether oxygens (including phenoxy) is 1. The fourth-order valence-electron chi connectivity index (χ4n) is 3.40. The van der Waals surface area contributed by atoms with Gasteiger partial charge in [0.1, 0.15) is 5.75 Å². The van der Waals surface area contributed by atoms with Crippen LogP contribution in [0.3, 0.4) is 0 Å². The van der Waals surface area contributed by atoms with Gasteiger partial charge in [0.15, 0.2) is 6.61 Å². The zero-order valence-electron chi connectivity index (χ0n) is 16.3. The number of alkyl halides is 3. The summed E-state index contributed by atoms with van der Waals surface area (Å²) in [4.78, 5) is 26.2. The molecule has 30 heavy (non-hydrogen) atoms. The van der Waals surface area contributed by atoms with Gasteiger partial charge in [-0.2, -0.15) is 13.2 Å². The second-order valence-electron chi connectivity index (χ2n) is 7.18. The van der Waals surface area contributed by atoms with Crippen LogP contribution in [0.1, 0.15) is 28.8 Å². The van der Waals surface area contributed by atoms with Crippen LogP contribution in [0.2, 0.25) is 0 Å². The molecular weight excluding hydrogens is 397 g/mol. The highest BCUT2D eigenvalue weighted by Crippen LogP contribution is 2.31. The molecule has 1 saturated heterocycles. The van der Waals surface area contributed by atoms with Crippen molar-refractivity contribution >= 4 is 11.8 Å². The normalized spacial score (nSPS) is 15.0. The second kappa shape index (κ2) is 9.65. The number of likely N-dealkylation sites (tertiary alicyclic amines) is 1. The van der Waals surface area contributed by atoms with Crippen molar-refractivity contribution in [2.45, 2.75) is 19.0 Å². The van der Waals surface area contributed by atoms with E-state index in [-0.39, 0.29) is 30.5 Å². The van der Waals surface area contributed by atoms with Gasteiger partial charge in [0.05, 0.1) is 11.1 Å². The topological polar surface area (TPSA) is 58.6 Å². The minimum Gasteiger partial charge on any atom is -0.484 e. The molecular formula is C22H23F3N2O3. The van der Waals surface area contributed by atoms with E-state index in [0.717, 1.165) is 6.07 Å². The van der Waals surface area contributed by atoms with Crippen molar-refractivity contribution in [2.75, 3.05) is 26.2 Å². The number of amides is 2. The summed E-state index contributed by atoms with van der Waals surface area (Å²) in [7, 11) is 0. The van der Waals surface area contributed by atoms with E-state index in [9.17, 15) is 22.8 Å².